The zero-order valence-corrected chi connectivity index (χ0v) is 79.7. The van der Waals surface area contributed by atoms with Gasteiger partial charge in [0, 0.05) is 132 Å². The molecule has 0 saturated carbocycles. The van der Waals surface area contributed by atoms with Crippen molar-refractivity contribution in [2.24, 2.45) is 0 Å². The number of furan rings is 1. The Kier molecular flexibility index (Phi) is 21.0. The first-order valence-electron chi connectivity index (χ1n) is 49.5. The highest BCUT2D eigenvalue weighted by atomic mass is 16.3. The highest BCUT2D eigenvalue weighted by Gasteiger charge is 2.37. The molecule has 12 nitrogen and oxygen atoms in total. The standard InChI is InChI=1S/C52H34N4.C43H31N3.C39H24N4O/c1-3-15-36(16-4-1)46-34-47(54-52(53-46)38-17-5-2-6-18-38)37-29-27-35(28-30-37)39-31-40(55-48-23-11-7-19-42(48)43-20-8-12-24-49(43)55)33-41(32-39)56-50-25-13-9-21-44(50)45-22-10-14-26-51(45)56;1-43(2)36-23-21-30(39-27-38(28-13-5-3-6-14-28)44-42(45-39)29-15-7-4-8-16-29)25-34(36)35-26-31(22-24-37(35)43)46-40-19-11-9-17-32(40)33-18-10-12-20-41(33)46;1-3-11-25(12-4-1)37-40-38(26-13-5-2-6-14-26)42-39(41-37)27-19-21-35-31(23-27)32-24-28(20-22-36(32)44-35)43-33-17-9-7-15-29(33)30-16-8-10-18-34(30)43/h1-34H;3-27H,1-2H3;1-24H. The smallest absolute Gasteiger partial charge is 0.164 e. The summed E-state index contributed by atoms with van der Waals surface area (Å²) in [4.78, 5) is 35.0. The lowest BCUT2D eigenvalue weighted by Crippen LogP contribution is -2.14. The van der Waals surface area contributed by atoms with Crippen LogP contribution < -0.4 is 0 Å². The predicted octanol–water partition coefficient (Wildman–Crippen LogP) is 34.1. The van der Waals surface area contributed by atoms with Gasteiger partial charge in [-0.25, -0.2) is 34.9 Å². The maximum absolute atomic E-state index is 6.31. The first-order valence-corrected chi connectivity index (χ1v) is 49.5. The molecule has 8 heterocycles. The third-order valence-electron chi connectivity index (χ3n) is 28.8. The zero-order valence-electron chi connectivity index (χ0n) is 79.7. The number of nitrogens with zero attached hydrogens (tertiary/aromatic N) is 11. The van der Waals surface area contributed by atoms with E-state index in [1.165, 1.54) is 115 Å². The minimum Gasteiger partial charge on any atom is -0.456 e. The van der Waals surface area contributed by atoms with Crippen molar-refractivity contribution in [3.8, 4) is 147 Å². The average molecular weight is 1870 g/mol. The van der Waals surface area contributed by atoms with Crippen molar-refractivity contribution < 1.29 is 4.42 Å². The van der Waals surface area contributed by atoms with E-state index in [0.717, 1.165) is 129 Å². The van der Waals surface area contributed by atoms with Crippen LogP contribution in [0.4, 0.5) is 0 Å². The molecule has 0 radical (unpaired) electrons. The Morgan fingerprint density at radius 3 is 0.788 bits per heavy atom. The lowest BCUT2D eigenvalue weighted by atomic mass is 9.82. The molecule has 20 aromatic carbocycles. The number of rotatable bonds is 14. The molecule has 0 aliphatic heterocycles. The molecule has 0 unspecified atom stereocenters. The third-order valence-corrected chi connectivity index (χ3v) is 28.8. The molecule has 0 spiro atoms. The van der Waals surface area contributed by atoms with Crippen LogP contribution in [0.25, 0.3) is 256 Å². The van der Waals surface area contributed by atoms with Crippen molar-refractivity contribution in [2.75, 3.05) is 0 Å². The van der Waals surface area contributed by atoms with Crippen molar-refractivity contribution in [3.05, 3.63) is 515 Å². The molecule has 686 valence electrons. The van der Waals surface area contributed by atoms with E-state index in [-0.39, 0.29) is 5.41 Å². The molecule has 8 aromatic heterocycles. The quantitative estimate of drug-likeness (QED) is 0.105. The fraction of sp³-hybridized carbons (Fsp3) is 0.0224. The molecule has 0 fully saturated rings. The molecule has 29 rings (SSSR count). The number of hydrogen-bond donors (Lipinski definition) is 0. The largest absolute Gasteiger partial charge is 0.456 e. The monoisotopic (exact) mass is 1870 g/mol. The van der Waals surface area contributed by atoms with Crippen LogP contribution in [0, 0.1) is 0 Å². The summed E-state index contributed by atoms with van der Waals surface area (Å²) < 4.78 is 15.9. The lowest BCUT2D eigenvalue weighted by molar-refractivity contribution is 0.660. The SMILES string of the molecule is CC1(C)c2ccc(-c3cc(-c4ccccc4)nc(-c4ccccc4)n3)cc2-c2cc(-n3c4ccccc4c4ccccc43)ccc21.c1ccc(-c2cc(-c3ccc(-c4cc(-n5c6ccccc6c6ccccc65)cc(-n5c6ccccc6c6ccccc65)c4)cc3)nc(-c3ccccc3)n2)cc1.c1ccc(-c2nc(-c3ccccc3)nc(-c3ccc4oc5ccc(-n6c7ccccc7c7ccccc76)cc5c4c3)n2)cc1. The van der Waals surface area contributed by atoms with E-state index < -0.39 is 0 Å². The summed E-state index contributed by atoms with van der Waals surface area (Å²) in [6.45, 7) is 4.67. The van der Waals surface area contributed by atoms with Gasteiger partial charge in [-0.15, -0.1) is 0 Å². The van der Waals surface area contributed by atoms with Gasteiger partial charge in [-0.3, -0.25) is 0 Å². The Morgan fingerprint density at radius 2 is 0.418 bits per heavy atom. The topological polar surface area (TPSA) is 123 Å². The summed E-state index contributed by atoms with van der Waals surface area (Å²) in [6.07, 6.45) is 0. The second-order valence-corrected chi connectivity index (χ2v) is 37.8. The van der Waals surface area contributed by atoms with Crippen molar-refractivity contribution >= 4 is 109 Å². The van der Waals surface area contributed by atoms with Crippen LogP contribution in [0.3, 0.4) is 0 Å². The van der Waals surface area contributed by atoms with E-state index in [4.69, 9.17) is 39.3 Å². The van der Waals surface area contributed by atoms with E-state index in [1.54, 1.807) is 0 Å². The molecule has 1 aliphatic rings. The van der Waals surface area contributed by atoms with Crippen molar-refractivity contribution in [1.29, 1.82) is 0 Å². The Bertz CT molecular complexity index is 9440. The van der Waals surface area contributed by atoms with E-state index in [1.807, 2.05) is 121 Å². The Morgan fingerprint density at radius 1 is 0.164 bits per heavy atom. The van der Waals surface area contributed by atoms with Crippen molar-refractivity contribution in [3.63, 3.8) is 0 Å². The first kappa shape index (κ1) is 85.7. The fourth-order valence-corrected chi connectivity index (χ4v) is 21.8. The van der Waals surface area contributed by atoms with Gasteiger partial charge in [0.25, 0.3) is 0 Å². The summed E-state index contributed by atoms with van der Waals surface area (Å²) in [5, 5.41) is 12.0. The molecule has 0 bridgehead atoms. The molecule has 0 atom stereocenters. The van der Waals surface area contributed by atoms with E-state index in [9.17, 15) is 0 Å². The van der Waals surface area contributed by atoms with Crippen LogP contribution in [-0.2, 0) is 5.41 Å². The number of benzene rings is 20. The fourth-order valence-electron chi connectivity index (χ4n) is 21.8. The molecule has 28 aromatic rings. The molecule has 1 aliphatic carbocycles. The van der Waals surface area contributed by atoms with Gasteiger partial charge in [0.15, 0.2) is 29.1 Å². The van der Waals surface area contributed by atoms with Crippen molar-refractivity contribution in [2.45, 2.75) is 19.3 Å². The van der Waals surface area contributed by atoms with Crippen LogP contribution in [0.15, 0.2) is 508 Å². The van der Waals surface area contributed by atoms with Gasteiger partial charge in [0.1, 0.15) is 11.2 Å². The molecule has 12 heteroatoms. The van der Waals surface area contributed by atoms with Gasteiger partial charge >= 0.3 is 0 Å². The first-order chi connectivity index (χ1) is 72.1. The summed E-state index contributed by atoms with van der Waals surface area (Å²) in [5.74, 6) is 3.33. The molecular weight excluding hydrogens is 1780 g/mol. The Labute approximate surface area is 841 Å². The zero-order chi connectivity index (χ0) is 96.9. The van der Waals surface area contributed by atoms with E-state index in [0.29, 0.717) is 23.3 Å². The van der Waals surface area contributed by atoms with Gasteiger partial charge in [-0.1, -0.05) is 384 Å². The Balaban J connectivity index is 0.000000110. The molecule has 0 amide bonds. The van der Waals surface area contributed by atoms with Gasteiger partial charge in [0.05, 0.1) is 66.9 Å². The highest BCUT2D eigenvalue weighted by molar-refractivity contribution is 6.14. The van der Waals surface area contributed by atoms with Crippen LogP contribution in [-0.4, -0.2) is 53.2 Å². The summed E-state index contributed by atoms with van der Waals surface area (Å²) in [6, 6.07) is 177. The summed E-state index contributed by atoms with van der Waals surface area (Å²) >= 11 is 0. The molecular formula is C134H89N11O. The Hall–Kier alpha value is -19.4. The number of aromatic nitrogens is 11. The van der Waals surface area contributed by atoms with Gasteiger partial charge < -0.3 is 22.7 Å². The summed E-state index contributed by atoms with van der Waals surface area (Å²) in [5.41, 5.74) is 35.7. The van der Waals surface area contributed by atoms with Crippen LogP contribution >= 0.6 is 0 Å². The number of hydrogen-bond acceptors (Lipinski definition) is 8. The van der Waals surface area contributed by atoms with Crippen LogP contribution in [0.1, 0.15) is 25.0 Å². The van der Waals surface area contributed by atoms with Crippen LogP contribution in [0.2, 0.25) is 0 Å². The molecule has 0 N–H and O–H groups in total. The average Bonchev–Trinajstić information content (AvgIpc) is 1.56. The van der Waals surface area contributed by atoms with Gasteiger partial charge in [0.2, 0.25) is 0 Å². The van der Waals surface area contributed by atoms with E-state index >= 15 is 0 Å². The second-order valence-electron chi connectivity index (χ2n) is 37.8. The lowest BCUT2D eigenvalue weighted by Gasteiger charge is -2.22. The van der Waals surface area contributed by atoms with Gasteiger partial charge in [-0.2, -0.15) is 0 Å². The second kappa shape index (κ2) is 35.7. The highest BCUT2D eigenvalue weighted by Crippen LogP contribution is 2.52. The van der Waals surface area contributed by atoms with Crippen LogP contribution in [0.5, 0.6) is 0 Å². The maximum atomic E-state index is 6.31. The minimum atomic E-state index is -0.112. The van der Waals surface area contributed by atoms with E-state index in [2.05, 4.69) is 414 Å². The molecule has 146 heavy (non-hydrogen) atoms. The van der Waals surface area contributed by atoms with Crippen molar-refractivity contribution in [1.82, 2.24) is 53.2 Å². The predicted molar refractivity (Wildman–Crippen MR) is 600 cm³/mol. The normalized spacial score (nSPS) is 12.1. The summed E-state index contributed by atoms with van der Waals surface area (Å²) in [7, 11) is 0. The number of fused-ring (bicyclic) bond motifs is 18. The minimum absolute atomic E-state index is 0.112. The number of para-hydroxylation sites is 8. The molecule has 0 saturated heterocycles. The third kappa shape index (κ3) is 15.1. The van der Waals surface area contributed by atoms with Gasteiger partial charge in [-0.05, 0) is 167 Å². The maximum Gasteiger partial charge on any atom is 0.164 e.